The van der Waals surface area contributed by atoms with E-state index in [2.05, 4.69) is 0 Å². The molecule has 128 valence electrons. The average Bonchev–Trinajstić information content (AvgIpc) is 2.72. The predicted molar refractivity (Wildman–Crippen MR) is 102 cm³/mol. The molecule has 0 amide bonds. The van der Waals surface area contributed by atoms with Crippen LogP contribution in [0.5, 0.6) is 0 Å². The summed E-state index contributed by atoms with van der Waals surface area (Å²) in [7, 11) is -3.22. The second kappa shape index (κ2) is 10.1. The van der Waals surface area contributed by atoms with Crippen molar-refractivity contribution in [3.05, 3.63) is 108 Å². The maximum atomic E-state index is 8.61. The smallest absolute Gasteiger partial charge is 0.175 e. The fourth-order valence-electron chi connectivity index (χ4n) is 2.22. The van der Waals surface area contributed by atoms with Gasteiger partial charge < -0.3 is 0 Å². The molecular weight excluding hydrogens is 331 g/mol. The molecule has 3 rings (SSSR count). The number of rotatable bonds is 9. The highest BCUT2D eigenvalue weighted by Gasteiger charge is 2.21. The van der Waals surface area contributed by atoms with Crippen molar-refractivity contribution in [2.45, 2.75) is 19.8 Å². The van der Waals surface area contributed by atoms with E-state index >= 15 is 0 Å². The molecule has 0 aromatic heterocycles. The van der Waals surface area contributed by atoms with Gasteiger partial charge in [-0.1, -0.05) is 91.0 Å². The lowest BCUT2D eigenvalue weighted by molar-refractivity contribution is 0.144. The Labute approximate surface area is 151 Å². The van der Waals surface area contributed by atoms with Crippen LogP contribution < -0.4 is 0 Å². The second-order valence-corrected chi connectivity index (χ2v) is 6.72. The van der Waals surface area contributed by atoms with Crippen LogP contribution in [-0.4, -0.2) is 1.28 Å². The normalized spacial score (nSPS) is 11.9. The number of benzene rings is 3. The SMILES string of the molecule is [3H][P+](OCc1ccccc1)(OCc1ccccc1)OCc1ccccc1. The fraction of sp³-hybridized carbons (Fsp3) is 0.143. The Morgan fingerprint density at radius 2 is 0.800 bits per heavy atom. The van der Waals surface area contributed by atoms with Gasteiger partial charge in [-0.05, 0) is 16.7 Å². The third kappa shape index (κ3) is 6.41. The number of hydrogen-bond donors (Lipinski definition) is 0. The van der Waals surface area contributed by atoms with E-state index < -0.39 is 8.55 Å². The molecule has 0 N–H and O–H groups in total. The Hall–Kier alpha value is -2.03. The van der Waals surface area contributed by atoms with Gasteiger partial charge >= 0.3 is 9.83 Å². The van der Waals surface area contributed by atoms with Crippen molar-refractivity contribution in [2.75, 3.05) is 0 Å². The highest BCUT2D eigenvalue weighted by Crippen LogP contribution is 2.42. The lowest BCUT2D eigenvalue weighted by Gasteiger charge is -2.09. The van der Waals surface area contributed by atoms with Crippen LogP contribution in [0, 0.1) is 0 Å². The van der Waals surface area contributed by atoms with E-state index in [0.717, 1.165) is 16.7 Å². The Morgan fingerprint density at radius 1 is 0.520 bits per heavy atom. The molecule has 0 spiro atoms. The topological polar surface area (TPSA) is 27.7 Å². The molecular formula is C21H22O3P+. The van der Waals surface area contributed by atoms with Gasteiger partial charge in [-0.2, -0.15) is 13.6 Å². The largest absolute Gasteiger partial charge is 0.398 e. The van der Waals surface area contributed by atoms with Crippen molar-refractivity contribution < 1.29 is 13.6 Å². The summed E-state index contributed by atoms with van der Waals surface area (Å²) in [5, 5.41) is 0. The summed E-state index contributed by atoms with van der Waals surface area (Å²) < 4.78 is 26.0. The van der Waals surface area contributed by atoms with Crippen molar-refractivity contribution >= 4 is 8.55 Å². The second-order valence-electron chi connectivity index (χ2n) is 5.50. The first kappa shape index (κ1) is 16.4. The van der Waals surface area contributed by atoms with Crippen molar-refractivity contribution in [2.24, 2.45) is 0 Å². The lowest BCUT2D eigenvalue weighted by atomic mass is 10.2. The standard InChI is InChI=1S/C21H22O3P/c1-4-10-19(11-5-1)16-22-25(23-17-20-12-6-2-7-13-20)24-18-21-14-8-3-9-15-21/h1-15,25H,16-18H2/q+1/i25T. The lowest BCUT2D eigenvalue weighted by Crippen LogP contribution is -1.98. The summed E-state index contributed by atoms with van der Waals surface area (Å²) in [6, 6.07) is 29.2. The molecule has 0 aliphatic carbocycles. The average molecular weight is 355 g/mol. The van der Waals surface area contributed by atoms with Crippen molar-refractivity contribution in [3.63, 3.8) is 0 Å². The Kier molecular flexibility index (Phi) is 6.62. The molecule has 0 fully saturated rings. The van der Waals surface area contributed by atoms with Crippen LogP contribution in [0.15, 0.2) is 91.0 Å². The summed E-state index contributed by atoms with van der Waals surface area (Å²) in [5.41, 5.74) is 2.95. The van der Waals surface area contributed by atoms with Crippen molar-refractivity contribution in [1.82, 2.24) is 0 Å². The molecule has 0 radical (unpaired) electrons. The van der Waals surface area contributed by atoms with E-state index in [1.54, 1.807) is 0 Å². The highest BCUT2D eigenvalue weighted by atomic mass is 31.2. The zero-order valence-corrected chi connectivity index (χ0v) is 14.8. The van der Waals surface area contributed by atoms with Crippen molar-refractivity contribution in [3.8, 4) is 0 Å². The minimum Gasteiger partial charge on any atom is -0.175 e. The van der Waals surface area contributed by atoms with Crippen LogP contribution >= 0.6 is 8.55 Å². The van der Waals surface area contributed by atoms with Gasteiger partial charge in [0.25, 0.3) is 0 Å². The van der Waals surface area contributed by atoms with E-state index in [4.69, 9.17) is 14.8 Å². The Morgan fingerprint density at radius 3 is 1.08 bits per heavy atom. The summed E-state index contributed by atoms with van der Waals surface area (Å²) in [5.74, 6) is 0. The minimum absolute atomic E-state index is 0.279. The molecule has 3 aromatic carbocycles. The first-order valence-electron chi connectivity index (χ1n) is 8.65. The molecule has 0 aliphatic rings. The highest BCUT2D eigenvalue weighted by molar-refractivity contribution is 7.41. The third-order valence-corrected chi connectivity index (χ3v) is 4.56. The summed E-state index contributed by atoms with van der Waals surface area (Å²) in [4.78, 5) is 0. The summed E-state index contributed by atoms with van der Waals surface area (Å²) in [6.45, 7) is 0.838. The van der Waals surface area contributed by atoms with Crippen LogP contribution in [0.25, 0.3) is 0 Å². The molecule has 4 heteroatoms. The van der Waals surface area contributed by atoms with Gasteiger partial charge in [-0.15, -0.1) is 0 Å². The fourth-order valence-corrected chi connectivity index (χ4v) is 3.20. The van der Waals surface area contributed by atoms with Crippen LogP contribution in [0.3, 0.4) is 0 Å². The molecule has 0 saturated heterocycles. The van der Waals surface area contributed by atoms with Crippen molar-refractivity contribution in [1.29, 1.82) is 1.28 Å². The molecule has 0 aliphatic heterocycles. The summed E-state index contributed by atoms with van der Waals surface area (Å²) >= 11 is 0. The minimum atomic E-state index is -3.22. The van der Waals surface area contributed by atoms with Gasteiger partial charge in [0.05, 0.1) is 0 Å². The van der Waals surface area contributed by atoms with Crippen LogP contribution in [-0.2, 0) is 33.4 Å². The van der Waals surface area contributed by atoms with Gasteiger partial charge in [0, 0.05) is 0 Å². The maximum absolute atomic E-state index is 8.61. The third-order valence-electron chi connectivity index (χ3n) is 3.54. The van der Waals surface area contributed by atoms with Crippen LogP contribution in [0.2, 0.25) is 0 Å². The molecule has 0 saturated carbocycles. The molecule has 0 heterocycles. The monoisotopic (exact) mass is 355 g/mol. The predicted octanol–water partition coefficient (Wildman–Crippen LogP) is 5.60. The van der Waals surface area contributed by atoms with E-state index in [1.807, 2.05) is 91.0 Å². The van der Waals surface area contributed by atoms with Crippen LogP contribution in [0.4, 0.5) is 0 Å². The Bertz CT molecular complexity index is 663. The Balaban J connectivity index is 1.64. The zero-order valence-electron chi connectivity index (χ0n) is 15.0. The van der Waals surface area contributed by atoms with E-state index in [9.17, 15) is 0 Å². The quantitative estimate of drug-likeness (QED) is 0.468. The van der Waals surface area contributed by atoms with Gasteiger partial charge in [-0.25, -0.2) is 0 Å². The maximum Gasteiger partial charge on any atom is 0.398 e. The van der Waals surface area contributed by atoms with Gasteiger partial charge in [0.2, 0.25) is 0 Å². The molecule has 3 aromatic rings. The zero-order chi connectivity index (χ0) is 18.1. The van der Waals surface area contributed by atoms with E-state index in [-0.39, 0.29) is 19.8 Å². The van der Waals surface area contributed by atoms with Crippen LogP contribution in [0.1, 0.15) is 16.7 Å². The van der Waals surface area contributed by atoms with E-state index in [1.165, 1.54) is 0 Å². The first-order chi connectivity index (χ1) is 12.7. The van der Waals surface area contributed by atoms with Gasteiger partial charge in [0.15, 0.2) is 0 Å². The molecule has 3 nitrogen and oxygen atoms in total. The first-order valence-corrected chi connectivity index (χ1v) is 9.30. The summed E-state index contributed by atoms with van der Waals surface area (Å²) in [6.07, 6.45) is 0. The molecule has 0 bridgehead atoms. The molecule has 0 atom stereocenters. The van der Waals surface area contributed by atoms with Gasteiger partial charge in [0.1, 0.15) is 19.8 Å². The van der Waals surface area contributed by atoms with E-state index in [0.29, 0.717) is 0 Å². The number of hydrogen-bond acceptors (Lipinski definition) is 3. The van der Waals surface area contributed by atoms with Gasteiger partial charge in [-0.3, -0.25) is 0 Å². The molecule has 25 heavy (non-hydrogen) atoms. The molecule has 0 unspecified atom stereocenters.